The van der Waals surface area contributed by atoms with E-state index < -0.39 is 4.92 Å². The van der Waals surface area contributed by atoms with Gasteiger partial charge in [0.2, 0.25) is 0 Å². The van der Waals surface area contributed by atoms with E-state index >= 15 is 0 Å². The van der Waals surface area contributed by atoms with Crippen molar-refractivity contribution in [1.82, 2.24) is 0 Å². The van der Waals surface area contributed by atoms with Crippen LogP contribution in [0, 0.1) is 29.4 Å². The number of nitro groups is 1. The Balaban J connectivity index is 2.11. The summed E-state index contributed by atoms with van der Waals surface area (Å²) in [6, 6.07) is 12.8. The zero-order valence-corrected chi connectivity index (χ0v) is 13.0. The molecule has 2 aromatic rings. The Hall–Kier alpha value is -3.12. The van der Waals surface area contributed by atoms with Crippen molar-refractivity contribution < 1.29 is 4.92 Å². The summed E-state index contributed by atoms with van der Waals surface area (Å²) in [5.74, 6) is 2.79. The first-order chi connectivity index (χ1) is 11.0. The Morgan fingerprint density at radius 3 is 2.39 bits per heavy atom. The largest absolute Gasteiger partial charge is 0.269 e. The van der Waals surface area contributed by atoms with Gasteiger partial charge >= 0.3 is 0 Å². The highest BCUT2D eigenvalue weighted by Crippen LogP contribution is 2.42. The molecule has 0 heterocycles. The van der Waals surface area contributed by atoms with Crippen LogP contribution in [0.4, 0.5) is 5.69 Å². The van der Waals surface area contributed by atoms with Crippen LogP contribution in [-0.4, -0.2) is 4.92 Å². The Labute approximate surface area is 135 Å². The van der Waals surface area contributed by atoms with Gasteiger partial charge in [0.05, 0.1) is 4.92 Å². The fourth-order valence-electron chi connectivity index (χ4n) is 2.87. The molecule has 3 heteroatoms. The van der Waals surface area contributed by atoms with Crippen LogP contribution in [0.5, 0.6) is 0 Å². The number of aryl methyl sites for hydroxylation is 1. The second-order valence-electron chi connectivity index (χ2n) is 5.60. The molecule has 3 nitrogen and oxygen atoms in total. The summed E-state index contributed by atoms with van der Waals surface area (Å²) in [5, 5.41) is 10.7. The van der Waals surface area contributed by atoms with Crippen molar-refractivity contribution in [2.24, 2.45) is 0 Å². The van der Waals surface area contributed by atoms with Crippen molar-refractivity contribution in [3.8, 4) is 12.3 Å². The van der Waals surface area contributed by atoms with Crippen LogP contribution in [-0.2, 0) is 0 Å². The molecular formula is C20H15NO2. The first kappa shape index (κ1) is 14.8. The van der Waals surface area contributed by atoms with Crippen LogP contribution in [0.3, 0.4) is 0 Å². The summed E-state index contributed by atoms with van der Waals surface area (Å²) < 4.78 is 0. The van der Waals surface area contributed by atoms with E-state index in [0.717, 1.165) is 33.4 Å². The third-order valence-electron chi connectivity index (χ3n) is 4.07. The number of benzene rings is 2. The molecule has 0 saturated heterocycles. The lowest BCUT2D eigenvalue weighted by Gasteiger charge is -2.05. The number of nitro benzene ring substituents is 1. The van der Waals surface area contributed by atoms with Gasteiger partial charge < -0.3 is 0 Å². The minimum atomic E-state index is -0.397. The summed E-state index contributed by atoms with van der Waals surface area (Å²) in [6.45, 7) is 4.06. The first-order valence-electron chi connectivity index (χ1n) is 7.26. The summed E-state index contributed by atoms with van der Waals surface area (Å²) in [5.41, 5.74) is 7.41. The van der Waals surface area contributed by atoms with E-state index in [9.17, 15) is 10.1 Å². The van der Waals surface area contributed by atoms with Crippen molar-refractivity contribution >= 4 is 22.9 Å². The van der Waals surface area contributed by atoms with Crippen molar-refractivity contribution in [1.29, 1.82) is 0 Å². The van der Waals surface area contributed by atoms with Gasteiger partial charge in [0, 0.05) is 17.7 Å². The molecule has 0 unspecified atom stereocenters. The number of nitrogens with zero attached hydrogens (tertiary/aromatic N) is 1. The number of fused-ring (bicyclic) bond motifs is 1. The lowest BCUT2D eigenvalue weighted by Crippen LogP contribution is -1.88. The topological polar surface area (TPSA) is 43.1 Å². The van der Waals surface area contributed by atoms with Gasteiger partial charge in [-0.15, -0.1) is 6.42 Å². The van der Waals surface area contributed by atoms with E-state index in [4.69, 9.17) is 6.42 Å². The van der Waals surface area contributed by atoms with E-state index in [-0.39, 0.29) is 5.69 Å². The van der Waals surface area contributed by atoms with E-state index in [0.29, 0.717) is 0 Å². The highest BCUT2D eigenvalue weighted by molar-refractivity contribution is 6.08. The Bertz CT molecular complexity index is 910. The molecule has 0 aromatic heterocycles. The lowest BCUT2D eigenvalue weighted by atomic mass is 9.99. The molecule has 0 aliphatic heterocycles. The Kier molecular flexibility index (Phi) is 3.59. The monoisotopic (exact) mass is 301 g/mol. The number of hydrogen-bond acceptors (Lipinski definition) is 2. The van der Waals surface area contributed by atoms with Gasteiger partial charge in [-0.25, -0.2) is 0 Å². The van der Waals surface area contributed by atoms with Crippen molar-refractivity contribution in [3.63, 3.8) is 0 Å². The minimum Gasteiger partial charge on any atom is -0.258 e. The first-order valence-corrected chi connectivity index (χ1v) is 7.26. The molecule has 0 atom stereocenters. The summed E-state index contributed by atoms with van der Waals surface area (Å²) in [7, 11) is 0. The smallest absolute Gasteiger partial charge is 0.258 e. The number of hydrogen-bond donors (Lipinski definition) is 0. The molecule has 0 fully saturated rings. The van der Waals surface area contributed by atoms with E-state index in [2.05, 4.69) is 24.1 Å². The number of allylic oxidation sites excluding steroid dienone is 3. The summed E-state index contributed by atoms with van der Waals surface area (Å²) in [4.78, 5) is 10.4. The molecule has 0 spiro atoms. The molecule has 0 N–H and O–H groups in total. The van der Waals surface area contributed by atoms with E-state index in [1.165, 1.54) is 17.7 Å². The van der Waals surface area contributed by atoms with Crippen LogP contribution in [0.25, 0.3) is 17.2 Å². The van der Waals surface area contributed by atoms with Crippen LogP contribution < -0.4 is 0 Å². The lowest BCUT2D eigenvalue weighted by molar-refractivity contribution is -0.384. The summed E-state index contributed by atoms with van der Waals surface area (Å²) in [6.07, 6.45) is 7.71. The van der Waals surface area contributed by atoms with Crippen molar-refractivity contribution in [2.45, 2.75) is 13.8 Å². The molecule has 3 rings (SSSR count). The third-order valence-corrected chi connectivity index (χ3v) is 4.07. The molecule has 1 aliphatic carbocycles. The van der Waals surface area contributed by atoms with Gasteiger partial charge in [-0.1, -0.05) is 29.7 Å². The predicted molar refractivity (Wildman–Crippen MR) is 93.6 cm³/mol. The molecule has 0 saturated carbocycles. The van der Waals surface area contributed by atoms with Crippen LogP contribution in [0.1, 0.15) is 29.2 Å². The number of terminal acetylenes is 1. The molecule has 1 aliphatic rings. The Morgan fingerprint density at radius 2 is 1.78 bits per heavy atom. The van der Waals surface area contributed by atoms with Gasteiger partial charge in [-0.3, -0.25) is 10.1 Å². The van der Waals surface area contributed by atoms with E-state index in [1.54, 1.807) is 12.1 Å². The molecule has 0 radical (unpaired) electrons. The zero-order valence-electron chi connectivity index (χ0n) is 13.0. The van der Waals surface area contributed by atoms with Gasteiger partial charge in [-0.2, -0.15) is 0 Å². The zero-order chi connectivity index (χ0) is 16.6. The standard InChI is InChI=1S/C20H15NO2/c1-4-17-14(3)19(18-10-5-13(2)11-20(17)18)12-15-6-8-16(9-7-15)21(22)23/h1,5-12H,2-3H3. The van der Waals surface area contributed by atoms with Gasteiger partial charge in [0.1, 0.15) is 0 Å². The Morgan fingerprint density at radius 1 is 1.09 bits per heavy atom. The SMILES string of the molecule is C#CC1=C(C)C(=Cc2ccc([N+](=O)[O-])cc2)c2ccc(C)cc21. The number of rotatable bonds is 2. The predicted octanol–water partition coefficient (Wildman–Crippen LogP) is 4.86. The maximum atomic E-state index is 10.7. The highest BCUT2D eigenvalue weighted by Gasteiger charge is 2.22. The molecule has 2 aromatic carbocycles. The van der Waals surface area contributed by atoms with Crippen LogP contribution >= 0.6 is 0 Å². The second kappa shape index (κ2) is 5.58. The average molecular weight is 301 g/mol. The maximum absolute atomic E-state index is 10.7. The summed E-state index contributed by atoms with van der Waals surface area (Å²) >= 11 is 0. The van der Waals surface area contributed by atoms with Gasteiger partial charge in [-0.05, 0) is 59.9 Å². The van der Waals surface area contributed by atoms with E-state index in [1.807, 2.05) is 19.9 Å². The third kappa shape index (κ3) is 2.56. The minimum absolute atomic E-state index is 0.0891. The highest BCUT2D eigenvalue weighted by atomic mass is 16.6. The molecule has 0 bridgehead atoms. The molecule has 112 valence electrons. The fourth-order valence-corrected chi connectivity index (χ4v) is 2.87. The normalized spacial score (nSPS) is 14.7. The number of non-ortho nitro benzene ring substituents is 1. The second-order valence-corrected chi connectivity index (χ2v) is 5.60. The maximum Gasteiger partial charge on any atom is 0.269 e. The van der Waals surface area contributed by atoms with Crippen LogP contribution in [0.2, 0.25) is 0 Å². The van der Waals surface area contributed by atoms with Crippen LogP contribution in [0.15, 0.2) is 48.0 Å². The average Bonchev–Trinajstić information content (AvgIpc) is 2.79. The fraction of sp³-hybridized carbons (Fsp3) is 0.100. The van der Waals surface area contributed by atoms with Crippen molar-refractivity contribution in [2.75, 3.05) is 0 Å². The van der Waals surface area contributed by atoms with Gasteiger partial charge in [0.25, 0.3) is 5.69 Å². The molecule has 0 amide bonds. The quantitative estimate of drug-likeness (QED) is 0.451. The molecule has 23 heavy (non-hydrogen) atoms. The molecular weight excluding hydrogens is 286 g/mol. The van der Waals surface area contributed by atoms with Crippen molar-refractivity contribution in [3.05, 3.63) is 80.4 Å². The van der Waals surface area contributed by atoms with Gasteiger partial charge in [0.15, 0.2) is 0 Å².